The number of hydrogen-bond acceptors (Lipinski definition) is 2. The molecule has 1 aromatic rings. The van der Waals surface area contributed by atoms with Crippen LogP contribution < -0.4 is 5.32 Å². The Bertz CT molecular complexity index is 398. The average Bonchev–Trinajstić information content (AvgIpc) is 2.56. The third-order valence-electron chi connectivity index (χ3n) is 2.06. The second kappa shape index (κ2) is 5.20. The third kappa shape index (κ3) is 3.76. The van der Waals surface area contributed by atoms with Crippen molar-refractivity contribution < 1.29 is 18.0 Å². The van der Waals surface area contributed by atoms with Gasteiger partial charge in [-0.3, -0.25) is 9.48 Å². The lowest BCUT2D eigenvalue weighted by Crippen LogP contribution is -2.30. The highest BCUT2D eigenvalue weighted by atomic mass is 19.4. The molecular formula is C10H14F3N3O. The zero-order valence-electron chi connectivity index (χ0n) is 9.64. The van der Waals surface area contributed by atoms with Gasteiger partial charge in [-0.05, 0) is 19.4 Å². The predicted molar refractivity (Wildman–Crippen MR) is 55.3 cm³/mol. The van der Waals surface area contributed by atoms with Crippen molar-refractivity contribution in [2.45, 2.75) is 33.0 Å². The average molecular weight is 249 g/mol. The fourth-order valence-corrected chi connectivity index (χ4v) is 1.35. The molecule has 7 heteroatoms. The maximum absolute atomic E-state index is 12.6. The van der Waals surface area contributed by atoms with Gasteiger partial charge >= 0.3 is 6.18 Å². The summed E-state index contributed by atoms with van der Waals surface area (Å²) in [6, 6.07) is 0.924. The topological polar surface area (TPSA) is 46.9 Å². The SMILES string of the molecule is CCCNC(=O)Cn1nc(C)cc1C(F)(F)F. The van der Waals surface area contributed by atoms with Gasteiger partial charge in [-0.25, -0.2) is 0 Å². The second-order valence-corrected chi connectivity index (χ2v) is 3.68. The van der Waals surface area contributed by atoms with Crippen LogP contribution in [0.25, 0.3) is 0 Å². The lowest BCUT2D eigenvalue weighted by Gasteiger charge is -2.10. The number of rotatable bonds is 4. The molecule has 0 aliphatic heterocycles. The van der Waals surface area contributed by atoms with Gasteiger partial charge in [0.25, 0.3) is 0 Å². The Labute approximate surface area is 96.8 Å². The molecule has 0 aliphatic rings. The van der Waals surface area contributed by atoms with Crippen LogP contribution in [-0.4, -0.2) is 22.2 Å². The molecule has 1 amide bonds. The van der Waals surface area contributed by atoms with Crippen molar-refractivity contribution in [2.24, 2.45) is 0 Å². The summed E-state index contributed by atoms with van der Waals surface area (Å²) in [7, 11) is 0. The Morgan fingerprint density at radius 2 is 2.18 bits per heavy atom. The van der Waals surface area contributed by atoms with Gasteiger partial charge in [-0.1, -0.05) is 6.92 Å². The minimum absolute atomic E-state index is 0.237. The van der Waals surface area contributed by atoms with Crippen molar-refractivity contribution in [3.8, 4) is 0 Å². The van der Waals surface area contributed by atoms with Crippen LogP contribution in [0, 0.1) is 6.92 Å². The van der Waals surface area contributed by atoms with Gasteiger partial charge < -0.3 is 5.32 Å². The first kappa shape index (κ1) is 13.5. The first-order valence-corrected chi connectivity index (χ1v) is 5.23. The number of halogens is 3. The minimum atomic E-state index is -4.49. The number of hydrogen-bond donors (Lipinski definition) is 1. The van der Waals surface area contributed by atoms with Crippen LogP contribution in [0.3, 0.4) is 0 Å². The van der Waals surface area contributed by atoms with E-state index >= 15 is 0 Å². The van der Waals surface area contributed by atoms with E-state index in [2.05, 4.69) is 10.4 Å². The Kier molecular flexibility index (Phi) is 4.14. The number of nitrogens with one attached hydrogen (secondary N) is 1. The van der Waals surface area contributed by atoms with Gasteiger partial charge in [-0.2, -0.15) is 18.3 Å². The predicted octanol–water partition coefficient (Wildman–Crippen LogP) is 1.74. The van der Waals surface area contributed by atoms with Crippen LogP contribution in [0.5, 0.6) is 0 Å². The fraction of sp³-hybridized carbons (Fsp3) is 0.600. The van der Waals surface area contributed by atoms with Crippen LogP contribution in [0.1, 0.15) is 24.7 Å². The lowest BCUT2D eigenvalue weighted by molar-refractivity contribution is -0.144. The molecule has 1 N–H and O–H groups in total. The van der Waals surface area contributed by atoms with E-state index in [-0.39, 0.29) is 5.69 Å². The molecule has 0 saturated carbocycles. The monoisotopic (exact) mass is 249 g/mol. The van der Waals surface area contributed by atoms with E-state index in [4.69, 9.17) is 0 Å². The molecule has 96 valence electrons. The molecule has 0 aliphatic carbocycles. The van der Waals surface area contributed by atoms with Crippen molar-refractivity contribution in [3.63, 3.8) is 0 Å². The van der Waals surface area contributed by atoms with Crippen molar-refractivity contribution >= 4 is 5.91 Å². The van der Waals surface area contributed by atoms with E-state index in [1.165, 1.54) is 6.92 Å². The fourth-order valence-electron chi connectivity index (χ4n) is 1.35. The highest BCUT2D eigenvalue weighted by Crippen LogP contribution is 2.29. The quantitative estimate of drug-likeness (QED) is 0.883. The van der Waals surface area contributed by atoms with Crippen LogP contribution in [0.2, 0.25) is 0 Å². The smallest absolute Gasteiger partial charge is 0.355 e. The Morgan fingerprint density at radius 1 is 1.53 bits per heavy atom. The largest absolute Gasteiger partial charge is 0.433 e. The zero-order chi connectivity index (χ0) is 13.1. The number of aryl methyl sites for hydroxylation is 1. The number of alkyl halides is 3. The molecular weight excluding hydrogens is 235 g/mol. The van der Waals surface area contributed by atoms with Crippen molar-refractivity contribution in [1.82, 2.24) is 15.1 Å². The van der Waals surface area contributed by atoms with E-state index in [9.17, 15) is 18.0 Å². The van der Waals surface area contributed by atoms with Gasteiger partial charge in [0.05, 0.1) is 5.69 Å². The maximum Gasteiger partial charge on any atom is 0.433 e. The van der Waals surface area contributed by atoms with Gasteiger partial charge in [-0.15, -0.1) is 0 Å². The summed E-state index contributed by atoms with van der Waals surface area (Å²) in [5.41, 5.74) is -0.665. The molecule has 1 rings (SSSR count). The van der Waals surface area contributed by atoms with Crippen LogP contribution in [0.15, 0.2) is 6.07 Å². The van der Waals surface area contributed by atoms with Gasteiger partial charge in [0.1, 0.15) is 12.2 Å². The number of carbonyl (C=O) groups excluding carboxylic acids is 1. The van der Waals surface area contributed by atoms with Crippen molar-refractivity contribution in [3.05, 3.63) is 17.5 Å². The van der Waals surface area contributed by atoms with Gasteiger partial charge in [0.2, 0.25) is 5.91 Å². The van der Waals surface area contributed by atoms with E-state index in [1.54, 1.807) is 0 Å². The van der Waals surface area contributed by atoms with E-state index in [0.29, 0.717) is 11.2 Å². The van der Waals surface area contributed by atoms with Crippen LogP contribution in [-0.2, 0) is 17.5 Å². The first-order chi connectivity index (χ1) is 7.84. The summed E-state index contributed by atoms with van der Waals surface area (Å²) in [4.78, 5) is 11.3. The normalized spacial score (nSPS) is 11.6. The molecule has 0 atom stereocenters. The van der Waals surface area contributed by atoms with Crippen LogP contribution >= 0.6 is 0 Å². The Morgan fingerprint density at radius 3 is 2.71 bits per heavy atom. The molecule has 0 unspecified atom stereocenters. The first-order valence-electron chi connectivity index (χ1n) is 5.23. The molecule has 0 aromatic carbocycles. The highest BCUT2D eigenvalue weighted by Gasteiger charge is 2.35. The number of amides is 1. The summed E-state index contributed by atoms with van der Waals surface area (Å²) in [6.07, 6.45) is -3.76. The summed E-state index contributed by atoms with van der Waals surface area (Å²) < 4.78 is 38.4. The van der Waals surface area contributed by atoms with Gasteiger partial charge in [0, 0.05) is 6.54 Å². The summed E-state index contributed by atoms with van der Waals surface area (Å²) in [5, 5.41) is 6.16. The Hall–Kier alpha value is -1.53. The Balaban J connectivity index is 2.80. The molecule has 0 bridgehead atoms. The summed E-state index contributed by atoms with van der Waals surface area (Å²) >= 11 is 0. The van der Waals surface area contributed by atoms with Gasteiger partial charge in [0.15, 0.2) is 0 Å². The lowest BCUT2D eigenvalue weighted by atomic mass is 10.3. The maximum atomic E-state index is 12.6. The molecule has 0 saturated heterocycles. The van der Waals surface area contributed by atoms with Crippen molar-refractivity contribution in [1.29, 1.82) is 0 Å². The summed E-state index contributed by atoms with van der Waals surface area (Å²) in [5.74, 6) is -0.472. The van der Waals surface area contributed by atoms with E-state index < -0.39 is 24.3 Å². The molecule has 4 nitrogen and oxygen atoms in total. The van der Waals surface area contributed by atoms with Crippen LogP contribution in [0.4, 0.5) is 13.2 Å². The molecule has 0 spiro atoms. The van der Waals surface area contributed by atoms with E-state index in [0.717, 1.165) is 12.5 Å². The molecule has 0 radical (unpaired) electrons. The molecule has 17 heavy (non-hydrogen) atoms. The number of aromatic nitrogens is 2. The number of carbonyl (C=O) groups is 1. The zero-order valence-corrected chi connectivity index (χ0v) is 9.64. The van der Waals surface area contributed by atoms with Crippen molar-refractivity contribution in [2.75, 3.05) is 6.54 Å². The number of nitrogens with zero attached hydrogens (tertiary/aromatic N) is 2. The highest BCUT2D eigenvalue weighted by molar-refractivity contribution is 5.75. The standard InChI is InChI=1S/C10H14F3N3O/c1-3-4-14-9(17)6-16-8(10(11,12)13)5-7(2)15-16/h5H,3-4,6H2,1-2H3,(H,14,17). The molecule has 0 fully saturated rings. The molecule has 1 heterocycles. The summed E-state index contributed by atoms with van der Waals surface area (Å²) in [6.45, 7) is 3.35. The second-order valence-electron chi connectivity index (χ2n) is 3.68. The minimum Gasteiger partial charge on any atom is -0.355 e. The third-order valence-corrected chi connectivity index (χ3v) is 2.06. The molecule has 1 aromatic heterocycles. The van der Waals surface area contributed by atoms with E-state index in [1.807, 2.05) is 6.92 Å².